The van der Waals surface area contributed by atoms with E-state index in [1.54, 1.807) is 19.2 Å². The molecule has 0 saturated carbocycles. The lowest BCUT2D eigenvalue weighted by Crippen LogP contribution is -2.53. The first-order chi connectivity index (χ1) is 12.1. The molecule has 0 atom stereocenters. The third kappa shape index (κ3) is 6.08. The summed E-state index contributed by atoms with van der Waals surface area (Å²) in [5.41, 5.74) is 0. The van der Waals surface area contributed by atoms with Gasteiger partial charge in [0, 0.05) is 53.0 Å². The van der Waals surface area contributed by atoms with Crippen LogP contribution in [0.25, 0.3) is 0 Å². The molecule has 1 fully saturated rings. The number of piperazine rings is 1. The number of carbonyl (C=O) groups is 1. The van der Waals surface area contributed by atoms with E-state index < -0.39 is 0 Å². The predicted octanol–water partition coefficient (Wildman–Crippen LogP) is 1.68. The average molecular weight is 350 g/mol. The van der Waals surface area contributed by atoms with Crippen LogP contribution in [-0.4, -0.2) is 74.7 Å². The molecule has 2 rings (SSSR count). The molecule has 0 aromatic carbocycles. The minimum absolute atomic E-state index is 0.0464. The fraction of sp³-hybridized carbons (Fsp3) is 0.667. The summed E-state index contributed by atoms with van der Waals surface area (Å²) in [7, 11) is 1.79. The topological polar surface area (TPSA) is 70.3 Å². The Hall–Kier alpha value is -2.02. The average Bonchev–Trinajstić information content (AvgIpc) is 3.15. The van der Waals surface area contributed by atoms with Crippen LogP contribution in [0.4, 0.5) is 0 Å². The van der Waals surface area contributed by atoms with Crippen molar-refractivity contribution >= 4 is 11.9 Å². The number of furan rings is 1. The monoisotopic (exact) mass is 350 g/mol. The zero-order valence-electron chi connectivity index (χ0n) is 15.5. The van der Waals surface area contributed by atoms with Crippen LogP contribution in [0.15, 0.2) is 27.8 Å². The van der Waals surface area contributed by atoms with Crippen molar-refractivity contribution in [2.45, 2.75) is 20.3 Å². The van der Waals surface area contributed by atoms with E-state index in [4.69, 9.17) is 9.15 Å². The highest BCUT2D eigenvalue weighted by Crippen LogP contribution is 2.09. The summed E-state index contributed by atoms with van der Waals surface area (Å²) < 4.78 is 10.8. The number of nitrogens with one attached hydrogen (secondary N) is 1. The molecule has 0 bridgehead atoms. The smallest absolute Gasteiger partial charge is 0.289 e. The lowest BCUT2D eigenvalue weighted by atomic mass is 10.2. The van der Waals surface area contributed by atoms with Crippen molar-refractivity contribution in [3.63, 3.8) is 0 Å². The van der Waals surface area contributed by atoms with Crippen LogP contribution in [0.3, 0.4) is 0 Å². The molecule has 0 spiro atoms. The zero-order valence-corrected chi connectivity index (χ0v) is 15.5. The molecule has 1 aromatic heterocycles. The van der Waals surface area contributed by atoms with Crippen molar-refractivity contribution in [3.8, 4) is 0 Å². The lowest BCUT2D eigenvalue weighted by Gasteiger charge is -2.36. The highest BCUT2D eigenvalue weighted by Gasteiger charge is 2.24. The highest BCUT2D eigenvalue weighted by atomic mass is 16.5. The van der Waals surface area contributed by atoms with Crippen LogP contribution in [0.2, 0.25) is 0 Å². The van der Waals surface area contributed by atoms with Gasteiger partial charge in [-0.3, -0.25) is 9.79 Å². The number of rotatable bonds is 7. The van der Waals surface area contributed by atoms with Gasteiger partial charge in [-0.05, 0) is 24.5 Å². The Labute approximate surface area is 150 Å². The van der Waals surface area contributed by atoms with Crippen LogP contribution < -0.4 is 5.32 Å². The molecule has 25 heavy (non-hydrogen) atoms. The zero-order chi connectivity index (χ0) is 18.1. The third-order valence-corrected chi connectivity index (χ3v) is 4.01. The van der Waals surface area contributed by atoms with Gasteiger partial charge in [0.15, 0.2) is 11.7 Å². The van der Waals surface area contributed by atoms with Crippen LogP contribution >= 0.6 is 0 Å². The van der Waals surface area contributed by atoms with E-state index in [-0.39, 0.29) is 5.91 Å². The maximum Gasteiger partial charge on any atom is 0.289 e. The fourth-order valence-corrected chi connectivity index (χ4v) is 2.70. The number of hydrogen-bond acceptors (Lipinski definition) is 4. The SMILES string of the molecule is CN=C(NCCCOCC(C)C)N1CCN(C(=O)c2ccco2)CC1. The highest BCUT2D eigenvalue weighted by molar-refractivity contribution is 5.91. The Bertz CT molecular complexity index is 535. The number of aliphatic imine (C=N–C) groups is 1. The second-order valence-electron chi connectivity index (χ2n) is 6.55. The van der Waals surface area contributed by atoms with Crippen molar-refractivity contribution < 1.29 is 13.9 Å². The number of amides is 1. The summed E-state index contributed by atoms with van der Waals surface area (Å²) in [4.78, 5) is 20.6. The molecule has 1 amide bonds. The second kappa shape index (κ2) is 10.1. The van der Waals surface area contributed by atoms with Gasteiger partial charge in [-0.1, -0.05) is 13.8 Å². The Morgan fingerprint density at radius 2 is 2.04 bits per heavy atom. The normalized spacial score (nSPS) is 15.8. The molecule has 0 radical (unpaired) electrons. The molecule has 0 unspecified atom stereocenters. The quantitative estimate of drug-likeness (QED) is 0.460. The standard InChI is InChI=1S/C18H30N4O3/c1-15(2)14-24-12-5-7-20-18(19-3)22-10-8-21(9-11-22)17(23)16-6-4-13-25-16/h4,6,13,15H,5,7-12,14H2,1-3H3,(H,19,20). The molecule has 140 valence electrons. The van der Waals surface area contributed by atoms with Gasteiger partial charge in [-0.15, -0.1) is 0 Å². The number of hydrogen-bond donors (Lipinski definition) is 1. The summed E-state index contributed by atoms with van der Waals surface area (Å²) in [5.74, 6) is 1.81. The van der Waals surface area contributed by atoms with E-state index in [0.717, 1.165) is 45.2 Å². The summed E-state index contributed by atoms with van der Waals surface area (Å²) in [5, 5.41) is 3.37. The van der Waals surface area contributed by atoms with E-state index >= 15 is 0 Å². The molecule has 7 heteroatoms. The fourth-order valence-electron chi connectivity index (χ4n) is 2.70. The van der Waals surface area contributed by atoms with Crippen molar-refractivity contribution in [1.29, 1.82) is 0 Å². The van der Waals surface area contributed by atoms with Crippen molar-refractivity contribution in [1.82, 2.24) is 15.1 Å². The maximum atomic E-state index is 12.3. The molecule has 1 aliphatic heterocycles. The molecule has 7 nitrogen and oxygen atoms in total. The molecular formula is C18H30N4O3. The first-order valence-electron chi connectivity index (χ1n) is 8.98. The van der Waals surface area contributed by atoms with E-state index in [1.165, 1.54) is 6.26 Å². The Kier molecular flexibility index (Phi) is 7.78. The molecule has 1 saturated heterocycles. The van der Waals surface area contributed by atoms with Gasteiger partial charge in [0.05, 0.1) is 6.26 Å². The molecule has 2 heterocycles. The summed E-state index contributed by atoms with van der Waals surface area (Å²) >= 11 is 0. The first kappa shape index (κ1) is 19.3. The lowest BCUT2D eigenvalue weighted by molar-refractivity contribution is 0.0657. The van der Waals surface area contributed by atoms with Gasteiger partial charge in [-0.2, -0.15) is 0 Å². The van der Waals surface area contributed by atoms with Crippen LogP contribution in [0.5, 0.6) is 0 Å². The third-order valence-electron chi connectivity index (χ3n) is 4.01. The predicted molar refractivity (Wildman–Crippen MR) is 97.8 cm³/mol. The van der Waals surface area contributed by atoms with Crippen molar-refractivity contribution in [3.05, 3.63) is 24.2 Å². The second-order valence-corrected chi connectivity index (χ2v) is 6.55. The summed E-state index contributed by atoms with van der Waals surface area (Å²) in [6.07, 6.45) is 2.48. The Morgan fingerprint density at radius 3 is 2.64 bits per heavy atom. The van der Waals surface area contributed by atoms with Gasteiger partial charge < -0.3 is 24.3 Å². The van der Waals surface area contributed by atoms with Gasteiger partial charge >= 0.3 is 0 Å². The minimum Gasteiger partial charge on any atom is -0.459 e. The number of guanidine groups is 1. The van der Waals surface area contributed by atoms with Crippen LogP contribution in [-0.2, 0) is 4.74 Å². The van der Waals surface area contributed by atoms with Crippen LogP contribution in [0, 0.1) is 5.92 Å². The molecular weight excluding hydrogens is 320 g/mol. The number of ether oxygens (including phenoxy) is 1. The van der Waals surface area contributed by atoms with Crippen molar-refractivity contribution in [2.75, 3.05) is 53.0 Å². The van der Waals surface area contributed by atoms with Gasteiger partial charge in [0.1, 0.15) is 0 Å². The molecule has 0 aliphatic carbocycles. The minimum atomic E-state index is -0.0464. The largest absolute Gasteiger partial charge is 0.459 e. The number of carbonyl (C=O) groups excluding carboxylic acids is 1. The molecule has 1 aliphatic rings. The number of nitrogens with zero attached hydrogens (tertiary/aromatic N) is 3. The summed E-state index contributed by atoms with van der Waals surface area (Å²) in [6.45, 7) is 9.54. The summed E-state index contributed by atoms with van der Waals surface area (Å²) in [6, 6.07) is 3.44. The van der Waals surface area contributed by atoms with E-state index in [0.29, 0.717) is 24.8 Å². The maximum absolute atomic E-state index is 12.3. The van der Waals surface area contributed by atoms with Gasteiger partial charge in [-0.25, -0.2) is 0 Å². The van der Waals surface area contributed by atoms with E-state index in [2.05, 4.69) is 29.1 Å². The van der Waals surface area contributed by atoms with Crippen LogP contribution in [0.1, 0.15) is 30.8 Å². The Morgan fingerprint density at radius 1 is 1.32 bits per heavy atom. The van der Waals surface area contributed by atoms with E-state index in [1.807, 2.05) is 4.90 Å². The van der Waals surface area contributed by atoms with Gasteiger partial charge in [0.2, 0.25) is 0 Å². The van der Waals surface area contributed by atoms with E-state index in [9.17, 15) is 4.79 Å². The van der Waals surface area contributed by atoms with Gasteiger partial charge in [0.25, 0.3) is 5.91 Å². The first-order valence-corrected chi connectivity index (χ1v) is 8.98. The van der Waals surface area contributed by atoms with Crippen molar-refractivity contribution in [2.24, 2.45) is 10.9 Å². The Balaban J connectivity index is 1.68. The molecule has 1 aromatic rings. The molecule has 1 N–H and O–H groups in total.